The zero-order chi connectivity index (χ0) is 23.2. The second-order valence-corrected chi connectivity index (χ2v) is 10.6. The fraction of sp³-hybridized carbons (Fsp3) is 0.385. The second-order valence-electron chi connectivity index (χ2n) is 8.79. The van der Waals surface area contributed by atoms with Crippen LogP contribution in [-0.4, -0.2) is 29.4 Å². The Morgan fingerprint density at radius 1 is 1.12 bits per heavy atom. The predicted octanol–water partition coefficient (Wildman–Crippen LogP) is 6.45. The lowest BCUT2D eigenvalue weighted by Gasteiger charge is -2.43. The summed E-state index contributed by atoms with van der Waals surface area (Å²) in [4.78, 5) is 25.9. The zero-order valence-corrected chi connectivity index (χ0v) is 21.0. The third kappa shape index (κ3) is 5.91. The maximum atomic E-state index is 13.2. The molecule has 0 saturated heterocycles. The number of alkyl halides is 1. The minimum Gasteiger partial charge on any atom is -0.489 e. The van der Waals surface area contributed by atoms with E-state index in [1.807, 2.05) is 75.4 Å². The molecule has 3 rings (SSSR count). The number of carbonyl (C=O) groups excluding carboxylic acids is 2. The fourth-order valence-corrected chi connectivity index (χ4v) is 4.80. The van der Waals surface area contributed by atoms with Gasteiger partial charge >= 0.3 is 6.09 Å². The van der Waals surface area contributed by atoms with Gasteiger partial charge in [0.2, 0.25) is 0 Å². The van der Waals surface area contributed by atoms with Gasteiger partial charge in [0.15, 0.2) is 0 Å². The number of benzene rings is 2. The van der Waals surface area contributed by atoms with Gasteiger partial charge in [0, 0.05) is 24.9 Å². The molecule has 1 amide bonds. The number of halogens is 1. The van der Waals surface area contributed by atoms with E-state index < -0.39 is 9.15 Å². The smallest absolute Gasteiger partial charge is 0.411 e. The van der Waals surface area contributed by atoms with Crippen LogP contribution >= 0.6 is 22.6 Å². The first kappa shape index (κ1) is 24.3. The lowest BCUT2D eigenvalue weighted by atomic mass is 9.90. The van der Waals surface area contributed by atoms with Gasteiger partial charge < -0.3 is 14.3 Å². The molecule has 5 nitrogen and oxygen atoms in total. The summed E-state index contributed by atoms with van der Waals surface area (Å²) in [5, 5.41) is 0. The summed E-state index contributed by atoms with van der Waals surface area (Å²) in [5.74, 6) is 0.814. The molecule has 0 fully saturated rings. The highest BCUT2D eigenvalue weighted by atomic mass is 127. The molecule has 0 spiro atoms. The van der Waals surface area contributed by atoms with Crippen LogP contribution in [0.15, 0.2) is 60.7 Å². The van der Waals surface area contributed by atoms with Crippen molar-refractivity contribution in [3.8, 4) is 0 Å². The molecule has 0 heterocycles. The molecule has 170 valence electrons. The maximum absolute atomic E-state index is 13.2. The van der Waals surface area contributed by atoms with Gasteiger partial charge in [-0.05, 0) is 67.0 Å². The van der Waals surface area contributed by atoms with Gasteiger partial charge in [0.05, 0.1) is 0 Å². The van der Waals surface area contributed by atoms with Crippen molar-refractivity contribution in [1.29, 1.82) is 0 Å². The largest absolute Gasteiger partial charge is 0.489 e. The van der Waals surface area contributed by atoms with E-state index in [9.17, 15) is 9.59 Å². The van der Waals surface area contributed by atoms with Crippen LogP contribution in [0.1, 0.15) is 56.7 Å². The molecule has 0 radical (unpaired) electrons. The minimum absolute atomic E-state index is 0.380. The monoisotopic (exact) mass is 547 g/mol. The Balaban J connectivity index is 1.91. The van der Waals surface area contributed by atoms with Gasteiger partial charge in [-0.2, -0.15) is 0 Å². The van der Waals surface area contributed by atoms with Crippen LogP contribution in [0.25, 0.3) is 5.76 Å². The number of amides is 1. The number of hydrogen-bond acceptors (Lipinski definition) is 4. The molecule has 1 aliphatic rings. The van der Waals surface area contributed by atoms with E-state index >= 15 is 0 Å². The van der Waals surface area contributed by atoms with Crippen molar-refractivity contribution < 1.29 is 19.1 Å². The number of ether oxygens (including phenoxy) is 2. The third-order valence-corrected chi connectivity index (χ3v) is 6.75. The molecule has 2 aromatic rings. The number of rotatable bonds is 8. The predicted molar refractivity (Wildman–Crippen MR) is 134 cm³/mol. The Morgan fingerprint density at radius 2 is 1.81 bits per heavy atom. The quantitative estimate of drug-likeness (QED) is 0.125. The molecule has 2 aromatic carbocycles. The van der Waals surface area contributed by atoms with Crippen LogP contribution in [0, 0.1) is 0 Å². The van der Waals surface area contributed by atoms with E-state index in [-0.39, 0.29) is 6.09 Å². The standard InChI is InChI=1S/C26H30INO4/c1-25(2,3)32-24(30)28(17-9-10-18-29)26(27)16-15-23(21-13-7-8-14-22(21)26)31-19-20-11-5-4-6-12-20/h4-8,11-15,18H,9-10,16-17,19H2,1-3H3. The number of nitrogens with zero attached hydrogens (tertiary/aromatic N) is 1. The fourth-order valence-electron chi connectivity index (χ4n) is 3.67. The van der Waals surface area contributed by atoms with Crippen LogP contribution < -0.4 is 0 Å². The number of aldehydes is 1. The molecule has 0 N–H and O–H groups in total. The SMILES string of the molecule is CC(C)(C)OC(=O)N(CCCC=O)C1(I)CC=C(OCc2ccccc2)c2ccccc21. The first-order valence-electron chi connectivity index (χ1n) is 10.8. The molecule has 32 heavy (non-hydrogen) atoms. The molecule has 6 heteroatoms. The average molecular weight is 547 g/mol. The van der Waals surface area contributed by atoms with Gasteiger partial charge in [-0.15, -0.1) is 0 Å². The first-order valence-corrected chi connectivity index (χ1v) is 11.9. The van der Waals surface area contributed by atoms with Crippen molar-refractivity contribution in [3.05, 3.63) is 77.4 Å². The molecule has 1 unspecified atom stereocenters. The molecule has 0 bridgehead atoms. The van der Waals surface area contributed by atoms with Crippen molar-refractivity contribution in [1.82, 2.24) is 4.90 Å². The van der Waals surface area contributed by atoms with Crippen LogP contribution in [0.4, 0.5) is 4.79 Å². The lowest BCUT2D eigenvalue weighted by molar-refractivity contribution is -0.108. The summed E-state index contributed by atoms with van der Waals surface area (Å²) in [7, 11) is 0. The van der Waals surface area contributed by atoms with Crippen molar-refractivity contribution in [2.24, 2.45) is 0 Å². The van der Waals surface area contributed by atoms with Crippen LogP contribution in [0.3, 0.4) is 0 Å². The summed E-state index contributed by atoms with van der Waals surface area (Å²) in [5.41, 5.74) is 2.46. The van der Waals surface area contributed by atoms with E-state index in [1.54, 1.807) is 4.90 Å². The van der Waals surface area contributed by atoms with E-state index in [0.29, 0.717) is 32.4 Å². The van der Waals surface area contributed by atoms with Crippen molar-refractivity contribution in [2.45, 2.75) is 55.8 Å². The minimum atomic E-state index is -0.640. The first-order chi connectivity index (χ1) is 15.2. The highest BCUT2D eigenvalue weighted by molar-refractivity contribution is 14.1. The summed E-state index contributed by atoms with van der Waals surface area (Å²) < 4.78 is 11.3. The van der Waals surface area contributed by atoms with Crippen molar-refractivity contribution >= 4 is 40.7 Å². The van der Waals surface area contributed by atoms with Crippen LogP contribution in [-0.2, 0) is 24.4 Å². The van der Waals surface area contributed by atoms with Gasteiger partial charge in [-0.25, -0.2) is 4.79 Å². The molecular formula is C26H30INO4. The van der Waals surface area contributed by atoms with Gasteiger partial charge in [-0.3, -0.25) is 4.90 Å². The highest BCUT2D eigenvalue weighted by Gasteiger charge is 2.43. The summed E-state index contributed by atoms with van der Waals surface area (Å²) >= 11 is 2.35. The maximum Gasteiger partial charge on any atom is 0.411 e. The van der Waals surface area contributed by atoms with E-state index in [1.165, 1.54) is 0 Å². The zero-order valence-electron chi connectivity index (χ0n) is 18.8. The number of carbonyl (C=O) groups is 2. The highest BCUT2D eigenvalue weighted by Crippen LogP contribution is 2.47. The number of hydrogen-bond donors (Lipinski definition) is 0. The van der Waals surface area contributed by atoms with Crippen molar-refractivity contribution in [3.63, 3.8) is 0 Å². The molecule has 0 aliphatic heterocycles. The topological polar surface area (TPSA) is 55.8 Å². The molecular weight excluding hydrogens is 517 g/mol. The summed E-state index contributed by atoms with van der Waals surface area (Å²) in [6.45, 7) is 6.49. The van der Waals surface area contributed by atoms with Crippen LogP contribution in [0.5, 0.6) is 0 Å². The Labute approximate surface area is 203 Å². The van der Waals surface area contributed by atoms with Gasteiger partial charge in [0.1, 0.15) is 27.8 Å². The van der Waals surface area contributed by atoms with Gasteiger partial charge in [0.25, 0.3) is 0 Å². The Bertz CT molecular complexity index is 967. The normalized spacial score (nSPS) is 17.7. The Kier molecular flexibility index (Phi) is 7.98. The Morgan fingerprint density at radius 3 is 2.50 bits per heavy atom. The second kappa shape index (κ2) is 10.5. The van der Waals surface area contributed by atoms with Gasteiger partial charge in [-0.1, -0.05) is 54.6 Å². The number of fused-ring (bicyclic) bond motifs is 1. The molecule has 0 saturated carbocycles. The summed E-state index contributed by atoms with van der Waals surface area (Å²) in [6.07, 6.45) is 4.11. The van der Waals surface area contributed by atoms with Crippen LogP contribution in [0.2, 0.25) is 0 Å². The summed E-state index contributed by atoms with van der Waals surface area (Å²) in [6, 6.07) is 18.1. The van der Waals surface area contributed by atoms with E-state index in [2.05, 4.69) is 28.7 Å². The molecule has 1 atom stereocenters. The average Bonchev–Trinajstić information content (AvgIpc) is 2.76. The Hall–Kier alpha value is -2.35. The molecule has 1 aliphatic carbocycles. The third-order valence-electron chi connectivity index (χ3n) is 5.15. The lowest BCUT2D eigenvalue weighted by Crippen LogP contribution is -2.49. The van der Waals surface area contributed by atoms with E-state index in [4.69, 9.17) is 9.47 Å². The van der Waals surface area contributed by atoms with Crippen molar-refractivity contribution in [2.75, 3.05) is 6.54 Å². The molecule has 0 aromatic heterocycles. The van der Waals surface area contributed by atoms with E-state index in [0.717, 1.165) is 28.7 Å². The number of unbranched alkanes of at least 4 members (excludes halogenated alkanes) is 1.